The average Bonchev–Trinajstić information content (AvgIpc) is 3.01. The molecule has 3 aromatic rings. The summed E-state index contributed by atoms with van der Waals surface area (Å²) in [4.78, 5) is 14.3. The number of carbonyl (C=O) groups is 1. The first-order valence-electron chi connectivity index (χ1n) is 8.05. The molecule has 0 aliphatic heterocycles. The quantitative estimate of drug-likeness (QED) is 0.620. The fourth-order valence-electron chi connectivity index (χ4n) is 2.50. The van der Waals surface area contributed by atoms with Crippen molar-refractivity contribution in [1.82, 2.24) is 19.7 Å². The summed E-state index contributed by atoms with van der Waals surface area (Å²) in [6, 6.07) is 17.2. The summed E-state index contributed by atoms with van der Waals surface area (Å²) >= 11 is 7.35. The molecule has 134 valence electrons. The molecule has 7 heteroatoms. The highest BCUT2D eigenvalue weighted by molar-refractivity contribution is 8.00. The molecule has 0 aliphatic carbocycles. The largest absolute Gasteiger partial charge is 0.348 e. The smallest absolute Gasteiger partial charge is 0.240 e. The summed E-state index contributed by atoms with van der Waals surface area (Å²) in [7, 11) is 5.41. The molecule has 0 saturated heterocycles. The van der Waals surface area contributed by atoms with Crippen LogP contribution in [0.5, 0.6) is 0 Å². The number of thioether (sulfide) groups is 1. The second-order valence-electron chi connectivity index (χ2n) is 6.01. The maximum atomic E-state index is 12.7. The maximum absolute atomic E-state index is 12.7. The standard InChI is InChI=1S/C19H19ClN4OS/c1-23(2)18(25)16(13-7-5-4-6-8-13)26-19-22-21-17(24(19)3)14-9-11-15(20)12-10-14/h4-12,16H,1-3H3. The highest BCUT2D eigenvalue weighted by atomic mass is 35.5. The summed E-state index contributed by atoms with van der Waals surface area (Å²) < 4.78 is 1.90. The third-order valence-electron chi connectivity index (χ3n) is 3.93. The first-order valence-corrected chi connectivity index (χ1v) is 9.31. The average molecular weight is 387 g/mol. The SMILES string of the molecule is CN(C)C(=O)C(Sc1nnc(-c2ccc(Cl)cc2)n1C)c1ccccc1. The van der Waals surface area contributed by atoms with Gasteiger partial charge in [-0.3, -0.25) is 4.79 Å². The summed E-state index contributed by atoms with van der Waals surface area (Å²) in [5, 5.41) is 9.55. The van der Waals surface area contributed by atoms with E-state index in [1.54, 1.807) is 19.0 Å². The summed E-state index contributed by atoms with van der Waals surface area (Å²) in [5.74, 6) is 0.741. The monoisotopic (exact) mass is 386 g/mol. The molecule has 0 saturated carbocycles. The maximum Gasteiger partial charge on any atom is 0.240 e. The van der Waals surface area contributed by atoms with Crippen molar-refractivity contribution in [3.8, 4) is 11.4 Å². The van der Waals surface area contributed by atoms with Crippen LogP contribution in [0, 0.1) is 0 Å². The molecule has 2 aromatic carbocycles. The van der Waals surface area contributed by atoms with Crippen LogP contribution in [-0.4, -0.2) is 39.7 Å². The second-order valence-corrected chi connectivity index (χ2v) is 7.52. The van der Waals surface area contributed by atoms with Crippen LogP contribution in [0.3, 0.4) is 0 Å². The lowest BCUT2D eigenvalue weighted by Gasteiger charge is -2.20. The molecule has 5 nitrogen and oxygen atoms in total. The van der Waals surface area contributed by atoms with Gasteiger partial charge in [0, 0.05) is 31.7 Å². The highest BCUT2D eigenvalue weighted by Gasteiger charge is 2.26. The molecule has 3 rings (SSSR count). The summed E-state index contributed by atoms with van der Waals surface area (Å²) in [5.41, 5.74) is 1.86. The normalized spacial score (nSPS) is 12.0. The number of nitrogens with zero attached hydrogens (tertiary/aromatic N) is 4. The minimum Gasteiger partial charge on any atom is -0.348 e. The lowest BCUT2D eigenvalue weighted by Crippen LogP contribution is -2.26. The van der Waals surface area contributed by atoms with Crippen molar-refractivity contribution in [2.45, 2.75) is 10.4 Å². The number of benzene rings is 2. The Kier molecular flexibility index (Phi) is 5.64. The van der Waals surface area contributed by atoms with Crippen molar-refractivity contribution in [3.63, 3.8) is 0 Å². The van der Waals surface area contributed by atoms with Gasteiger partial charge in [-0.1, -0.05) is 53.7 Å². The molecule has 0 fully saturated rings. The molecule has 1 atom stereocenters. The van der Waals surface area contributed by atoms with E-state index in [9.17, 15) is 4.79 Å². The van der Waals surface area contributed by atoms with E-state index in [1.807, 2.05) is 66.2 Å². The van der Waals surface area contributed by atoms with Crippen molar-refractivity contribution in [1.29, 1.82) is 0 Å². The predicted octanol–water partition coefficient (Wildman–Crippen LogP) is 4.06. The van der Waals surface area contributed by atoms with Gasteiger partial charge in [-0.2, -0.15) is 0 Å². The fraction of sp³-hybridized carbons (Fsp3) is 0.211. The molecule has 0 radical (unpaired) electrons. The fourth-order valence-corrected chi connectivity index (χ4v) is 3.77. The van der Waals surface area contributed by atoms with Crippen molar-refractivity contribution in [3.05, 3.63) is 65.2 Å². The van der Waals surface area contributed by atoms with E-state index in [0.717, 1.165) is 17.0 Å². The van der Waals surface area contributed by atoms with E-state index in [1.165, 1.54) is 11.8 Å². The van der Waals surface area contributed by atoms with Gasteiger partial charge in [0.2, 0.25) is 5.91 Å². The van der Waals surface area contributed by atoms with E-state index in [0.29, 0.717) is 10.2 Å². The third kappa shape index (κ3) is 3.92. The Balaban J connectivity index is 1.93. The molecular formula is C19H19ClN4OS. The van der Waals surface area contributed by atoms with Crippen molar-refractivity contribution in [2.75, 3.05) is 14.1 Å². The molecule has 0 bridgehead atoms. The minimum atomic E-state index is -0.382. The Morgan fingerprint density at radius 2 is 1.73 bits per heavy atom. The lowest BCUT2D eigenvalue weighted by atomic mass is 10.1. The van der Waals surface area contributed by atoms with Crippen LogP contribution in [0.15, 0.2) is 59.8 Å². The topological polar surface area (TPSA) is 51.0 Å². The number of hydrogen-bond acceptors (Lipinski definition) is 4. The van der Waals surface area contributed by atoms with Gasteiger partial charge in [-0.25, -0.2) is 0 Å². The van der Waals surface area contributed by atoms with Crippen LogP contribution < -0.4 is 0 Å². The van der Waals surface area contributed by atoms with Gasteiger partial charge in [0.1, 0.15) is 5.25 Å². The Morgan fingerprint density at radius 3 is 2.35 bits per heavy atom. The van der Waals surface area contributed by atoms with Gasteiger partial charge in [0.15, 0.2) is 11.0 Å². The number of likely N-dealkylation sites (N-methyl/N-ethyl adjacent to an activating group) is 1. The Morgan fingerprint density at radius 1 is 1.08 bits per heavy atom. The number of carbonyl (C=O) groups excluding carboxylic acids is 1. The molecule has 1 heterocycles. The van der Waals surface area contributed by atoms with Gasteiger partial charge in [-0.15, -0.1) is 10.2 Å². The Labute approximate surface area is 162 Å². The van der Waals surface area contributed by atoms with Gasteiger partial charge < -0.3 is 9.47 Å². The van der Waals surface area contributed by atoms with Crippen LogP contribution in [0.1, 0.15) is 10.8 Å². The van der Waals surface area contributed by atoms with Crippen LogP contribution in [0.25, 0.3) is 11.4 Å². The number of hydrogen-bond donors (Lipinski definition) is 0. The second kappa shape index (κ2) is 7.93. The number of rotatable bonds is 5. The molecule has 1 aromatic heterocycles. The zero-order chi connectivity index (χ0) is 18.7. The number of aromatic nitrogens is 3. The first kappa shape index (κ1) is 18.5. The van der Waals surface area contributed by atoms with Crippen molar-refractivity contribution >= 4 is 29.3 Å². The predicted molar refractivity (Wildman–Crippen MR) is 105 cm³/mol. The molecular weight excluding hydrogens is 368 g/mol. The van der Waals surface area contributed by atoms with Crippen LogP contribution in [0.2, 0.25) is 5.02 Å². The van der Waals surface area contributed by atoms with Crippen LogP contribution in [-0.2, 0) is 11.8 Å². The Bertz CT molecular complexity index is 894. The molecule has 1 amide bonds. The zero-order valence-corrected chi connectivity index (χ0v) is 16.3. The Hall–Kier alpha value is -2.31. The number of halogens is 1. The van der Waals surface area contributed by atoms with E-state index in [-0.39, 0.29) is 11.2 Å². The minimum absolute atomic E-state index is 0.0113. The zero-order valence-electron chi connectivity index (χ0n) is 14.8. The lowest BCUT2D eigenvalue weighted by molar-refractivity contribution is -0.128. The third-order valence-corrected chi connectivity index (χ3v) is 5.46. The molecule has 0 aliphatic rings. The van der Waals surface area contributed by atoms with E-state index >= 15 is 0 Å². The van der Waals surface area contributed by atoms with E-state index < -0.39 is 0 Å². The molecule has 26 heavy (non-hydrogen) atoms. The molecule has 1 unspecified atom stereocenters. The van der Waals surface area contributed by atoms with Gasteiger partial charge >= 0.3 is 0 Å². The molecule has 0 spiro atoms. The first-order chi connectivity index (χ1) is 12.5. The van der Waals surface area contributed by atoms with Gasteiger partial charge in [-0.05, 0) is 29.8 Å². The van der Waals surface area contributed by atoms with Crippen molar-refractivity contribution < 1.29 is 4.79 Å². The number of amides is 1. The summed E-state index contributed by atoms with van der Waals surface area (Å²) in [6.45, 7) is 0. The van der Waals surface area contributed by atoms with Crippen LogP contribution in [0.4, 0.5) is 0 Å². The van der Waals surface area contributed by atoms with Crippen molar-refractivity contribution in [2.24, 2.45) is 7.05 Å². The van der Waals surface area contributed by atoms with Gasteiger partial charge in [0.05, 0.1) is 0 Å². The molecule has 0 N–H and O–H groups in total. The van der Waals surface area contributed by atoms with E-state index in [4.69, 9.17) is 11.6 Å². The highest BCUT2D eigenvalue weighted by Crippen LogP contribution is 2.36. The van der Waals surface area contributed by atoms with Crippen LogP contribution >= 0.6 is 23.4 Å². The van der Waals surface area contributed by atoms with E-state index in [2.05, 4.69) is 10.2 Å². The summed E-state index contributed by atoms with van der Waals surface area (Å²) in [6.07, 6.45) is 0. The van der Waals surface area contributed by atoms with Gasteiger partial charge in [0.25, 0.3) is 0 Å².